The van der Waals surface area contributed by atoms with Gasteiger partial charge in [0.05, 0.1) is 6.54 Å². The van der Waals surface area contributed by atoms with Gasteiger partial charge in [0.1, 0.15) is 16.9 Å². The fourth-order valence-electron chi connectivity index (χ4n) is 2.61. The molecule has 2 N–H and O–H groups in total. The van der Waals surface area contributed by atoms with Crippen molar-refractivity contribution in [1.29, 1.82) is 0 Å². The first-order chi connectivity index (χ1) is 11.9. The molecule has 2 aromatic carbocycles. The smallest absolute Gasteiger partial charge is 0.251 e. The average Bonchev–Trinajstić information content (AvgIpc) is 3.05. The zero-order chi connectivity index (χ0) is 18.0. The molecule has 25 heavy (non-hydrogen) atoms. The van der Waals surface area contributed by atoms with Crippen LogP contribution in [0, 0.1) is 0 Å². The Balaban J connectivity index is 1.73. The van der Waals surface area contributed by atoms with E-state index in [0.29, 0.717) is 16.9 Å². The molecule has 1 amide bonds. The normalized spacial score (nSPS) is 13.4. The third-order valence-corrected chi connectivity index (χ3v) is 4.17. The van der Waals surface area contributed by atoms with E-state index in [1.54, 1.807) is 19.1 Å². The van der Waals surface area contributed by atoms with E-state index in [4.69, 9.17) is 4.42 Å². The molecule has 1 atom stereocenters. The lowest BCUT2D eigenvalue weighted by Crippen LogP contribution is -2.38. The fraction of sp³-hybridized carbons (Fsp3) is 0.250. The Morgan fingerprint density at radius 1 is 1.16 bits per heavy atom. The zero-order valence-corrected chi connectivity index (χ0v) is 14.6. The predicted octanol–water partition coefficient (Wildman–Crippen LogP) is 3.14. The number of rotatable bonds is 5. The Morgan fingerprint density at radius 2 is 1.92 bits per heavy atom. The van der Waals surface area contributed by atoms with Gasteiger partial charge in [-0.2, -0.15) is 0 Å². The van der Waals surface area contributed by atoms with Crippen molar-refractivity contribution in [1.82, 2.24) is 5.32 Å². The molecule has 0 spiro atoms. The molecule has 3 rings (SSSR count). The molecule has 0 bridgehead atoms. The van der Waals surface area contributed by atoms with Gasteiger partial charge in [-0.05, 0) is 37.3 Å². The van der Waals surface area contributed by atoms with Gasteiger partial charge in [-0.3, -0.25) is 4.79 Å². The summed E-state index contributed by atoms with van der Waals surface area (Å²) in [6.45, 7) is 1.68. The summed E-state index contributed by atoms with van der Waals surface area (Å²) in [5.74, 6) is 0.191. The summed E-state index contributed by atoms with van der Waals surface area (Å²) in [6, 6.07) is 16.7. The molecule has 5 nitrogen and oxygen atoms in total. The maximum atomic E-state index is 12.4. The molecule has 130 valence electrons. The van der Waals surface area contributed by atoms with E-state index < -0.39 is 5.60 Å². The van der Waals surface area contributed by atoms with Crippen molar-refractivity contribution in [2.75, 3.05) is 25.5 Å². The monoisotopic (exact) mass is 338 g/mol. The first kappa shape index (κ1) is 17.0. The third-order valence-electron chi connectivity index (χ3n) is 4.17. The van der Waals surface area contributed by atoms with Crippen LogP contribution in [0.2, 0.25) is 0 Å². The molecule has 0 saturated heterocycles. The molecule has 0 aliphatic heterocycles. The number of carbonyl (C=O) groups excluding carboxylic acids is 1. The van der Waals surface area contributed by atoms with Crippen LogP contribution in [0.15, 0.2) is 59.0 Å². The highest BCUT2D eigenvalue weighted by molar-refractivity contribution is 5.95. The Labute approximate surface area is 146 Å². The van der Waals surface area contributed by atoms with Crippen molar-refractivity contribution >= 4 is 22.6 Å². The Bertz CT molecular complexity index is 864. The molecule has 0 fully saturated rings. The van der Waals surface area contributed by atoms with E-state index in [2.05, 4.69) is 5.32 Å². The number of anilines is 1. The molecule has 0 aliphatic rings. The summed E-state index contributed by atoms with van der Waals surface area (Å²) in [5, 5.41) is 14.4. The second-order valence-corrected chi connectivity index (χ2v) is 6.55. The minimum absolute atomic E-state index is 0.0534. The number of aliphatic hydroxyl groups is 1. The summed E-state index contributed by atoms with van der Waals surface area (Å²) in [4.78, 5) is 14.3. The van der Waals surface area contributed by atoms with Gasteiger partial charge in [0.2, 0.25) is 0 Å². The van der Waals surface area contributed by atoms with Gasteiger partial charge in [-0.25, -0.2) is 0 Å². The largest absolute Gasteiger partial charge is 0.458 e. The zero-order valence-electron chi connectivity index (χ0n) is 14.6. The van der Waals surface area contributed by atoms with Crippen LogP contribution >= 0.6 is 0 Å². The summed E-state index contributed by atoms with van der Waals surface area (Å²) < 4.78 is 5.71. The maximum Gasteiger partial charge on any atom is 0.251 e. The minimum atomic E-state index is -1.30. The number of hydrogen-bond acceptors (Lipinski definition) is 4. The van der Waals surface area contributed by atoms with E-state index in [1.165, 1.54) is 0 Å². The van der Waals surface area contributed by atoms with E-state index in [-0.39, 0.29) is 12.5 Å². The molecule has 0 aliphatic carbocycles. The molecular formula is C20H22N2O3. The lowest BCUT2D eigenvalue weighted by molar-refractivity contribution is 0.0344. The van der Waals surface area contributed by atoms with Crippen molar-refractivity contribution in [2.45, 2.75) is 12.5 Å². The highest BCUT2D eigenvalue weighted by Gasteiger charge is 2.28. The Kier molecular flexibility index (Phi) is 4.51. The first-order valence-corrected chi connectivity index (χ1v) is 8.14. The maximum absolute atomic E-state index is 12.4. The van der Waals surface area contributed by atoms with Gasteiger partial charge < -0.3 is 19.7 Å². The summed E-state index contributed by atoms with van der Waals surface area (Å²) in [6.07, 6.45) is 0. The third kappa shape index (κ3) is 3.67. The Morgan fingerprint density at radius 3 is 2.64 bits per heavy atom. The SMILES string of the molecule is CN(C)c1cccc(C(=O)NCC(C)(O)c2cc3ccccc3o2)c1. The van der Waals surface area contributed by atoms with E-state index >= 15 is 0 Å². The standard InChI is InChI=1S/C20H22N2O3/c1-20(24,18-12-14-7-4-5-10-17(14)25-18)13-21-19(23)15-8-6-9-16(11-15)22(2)3/h4-12,24H,13H2,1-3H3,(H,21,23). The predicted molar refractivity (Wildman–Crippen MR) is 98.9 cm³/mol. The second-order valence-electron chi connectivity index (χ2n) is 6.55. The molecule has 1 heterocycles. The average molecular weight is 338 g/mol. The lowest BCUT2D eigenvalue weighted by Gasteiger charge is -2.21. The van der Waals surface area contributed by atoms with Crippen LogP contribution in [-0.2, 0) is 5.60 Å². The molecule has 0 saturated carbocycles. The highest BCUT2D eigenvalue weighted by Crippen LogP contribution is 2.27. The number of hydrogen-bond donors (Lipinski definition) is 2. The van der Waals surface area contributed by atoms with Crippen molar-refractivity contribution in [3.8, 4) is 0 Å². The van der Waals surface area contributed by atoms with Gasteiger partial charge in [0.25, 0.3) is 5.91 Å². The lowest BCUT2D eigenvalue weighted by atomic mass is 10.0. The van der Waals surface area contributed by atoms with Crippen LogP contribution in [0.5, 0.6) is 0 Å². The van der Waals surface area contributed by atoms with Crippen LogP contribution in [-0.4, -0.2) is 31.7 Å². The summed E-state index contributed by atoms with van der Waals surface area (Å²) in [7, 11) is 3.84. The van der Waals surface area contributed by atoms with Crippen LogP contribution in [0.1, 0.15) is 23.0 Å². The number of carbonyl (C=O) groups is 1. The molecule has 5 heteroatoms. The van der Waals surface area contributed by atoms with E-state index in [0.717, 1.165) is 11.1 Å². The fourth-order valence-corrected chi connectivity index (χ4v) is 2.61. The number of fused-ring (bicyclic) bond motifs is 1. The van der Waals surface area contributed by atoms with Gasteiger partial charge in [0.15, 0.2) is 0 Å². The molecule has 3 aromatic rings. The van der Waals surface area contributed by atoms with Gasteiger partial charge in [0, 0.05) is 30.7 Å². The molecule has 1 unspecified atom stereocenters. The number of amides is 1. The topological polar surface area (TPSA) is 65.7 Å². The van der Waals surface area contributed by atoms with Gasteiger partial charge in [-0.15, -0.1) is 0 Å². The number of benzene rings is 2. The van der Waals surface area contributed by atoms with Crippen molar-refractivity contribution < 1.29 is 14.3 Å². The van der Waals surface area contributed by atoms with E-state index in [1.807, 2.05) is 61.5 Å². The number of furan rings is 1. The van der Waals surface area contributed by atoms with Crippen LogP contribution in [0.3, 0.4) is 0 Å². The minimum Gasteiger partial charge on any atom is -0.458 e. The van der Waals surface area contributed by atoms with Crippen LogP contribution in [0.4, 0.5) is 5.69 Å². The van der Waals surface area contributed by atoms with Crippen molar-refractivity contribution in [2.24, 2.45) is 0 Å². The van der Waals surface area contributed by atoms with Crippen LogP contribution < -0.4 is 10.2 Å². The van der Waals surface area contributed by atoms with Crippen LogP contribution in [0.25, 0.3) is 11.0 Å². The summed E-state index contributed by atoms with van der Waals surface area (Å²) in [5.41, 5.74) is 0.902. The highest BCUT2D eigenvalue weighted by atomic mass is 16.4. The van der Waals surface area contributed by atoms with Crippen molar-refractivity contribution in [3.05, 3.63) is 65.9 Å². The molecular weight excluding hydrogens is 316 g/mol. The number of nitrogens with zero attached hydrogens (tertiary/aromatic N) is 1. The van der Waals surface area contributed by atoms with E-state index in [9.17, 15) is 9.90 Å². The molecule has 1 aromatic heterocycles. The first-order valence-electron chi connectivity index (χ1n) is 8.14. The van der Waals surface area contributed by atoms with Gasteiger partial charge >= 0.3 is 0 Å². The van der Waals surface area contributed by atoms with Crippen molar-refractivity contribution in [3.63, 3.8) is 0 Å². The van der Waals surface area contributed by atoms with Gasteiger partial charge in [-0.1, -0.05) is 24.3 Å². The molecule has 0 radical (unpaired) electrons. The second kappa shape index (κ2) is 6.61. The number of para-hydroxylation sites is 1. The number of nitrogens with one attached hydrogen (secondary N) is 1. The Hall–Kier alpha value is -2.79. The summed E-state index contributed by atoms with van der Waals surface area (Å²) >= 11 is 0. The quantitative estimate of drug-likeness (QED) is 0.750.